The fourth-order valence-corrected chi connectivity index (χ4v) is 2.23. The number of urea groups is 1. The Labute approximate surface area is 120 Å². The maximum Gasteiger partial charge on any atom is 0.411 e. The summed E-state index contributed by atoms with van der Waals surface area (Å²) in [4.78, 5) is 24.2. The molecule has 1 aliphatic rings. The van der Waals surface area contributed by atoms with E-state index in [4.69, 9.17) is 5.11 Å². The molecule has 2 amide bonds. The third-order valence-electron chi connectivity index (χ3n) is 3.08. The molecule has 0 spiro atoms. The van der Waals surface area contributed by atoms with Gasteiger partial charge >= 0.3 is 18.2 Å². The van der Waals surface area contributed by atoms with Gasteiger partial charge in [0.15, 0.2) is 0 Å². The van der Waals surface area contributed by atoms with Crippen LogP contribution in [0.3, 0.4) is 0 Å². The molecule has 2 unspecified atom stereocenters. The Morgan fingerprint density at radius 2 is 2.05 bits per heavy atom. The fourth-order valence-electron chi connectivity index (χ4n) is 2.23. The van der Waals surface area contributed by atoms with Crippen molar-refractivity contribution < 1.29 is 32.6 Å². The average Bonchev–Trinajstić information content (AvgIpc) is 2.35. The zero-order valence-electron chi connectivity index (χ0n) is 11.7. The lowest BCUT2D eigenvalue weighted by molar-refractivity contribution is -0.173. The van der Waals surface area contributed by atoms with Gasteiger partial charge in [-0.15, -0.1) is 0 Å². The smallest absolute Gasteiger partial charge is 0.411 e. The van der Waals surface area contributed by atoms with Gasteiger partial charge in [0.1, 0.15) is 6.61 Å². The van der Waals surface area contributed by atoms with E-state index < -0.39 is 30.7 Å². The molecule has 0 radical (unpaired) electrons. The van der Waals surface area contributed by atoms with Gasteiger partial charge in [-0.05, 0) is 12.3 Å². The number of ether oxygens (including phenoxy) is 1. The number of piperidine rings is 1. The molecule has 9 heteroatoms. The lowest BCUT2D eigenvalue weighted by Crippen LogP contribution is -2.50. The molecular weight excluding hydrogens is 293 g/mol. The van der Waals surface area contributed by atoms with E-state index in [-0.39, 0.29) is 25.6 Å². The minimum atomic E-state index is -4.39. The molecule has 0 aliphatic carbocycles. The summed E-state index contributed by atoms with van der Waals surface area (Å²) >= 11 is 0. The molecule has 0 saturated carbocycles. The van der Waals surface area contributed by atoms with Gasteiger partial charge in [-0.25, -0.2) is 4.79 Å². The Hall–Kier alpha value is -1.51. The molecule has 2 atom stereocenters. The van der Waals surface area contributed by atoms with Crippen LogP contribution in [0.15, 0.2) is 0 Å². The van der Waals surface area contributed by atoms with Crippen molar-refractivity contribution in [1.82, 2.24) is 10.2 Å². The molecule has 0 bridgehead atoms. The molecular formula is C12H19F3N2O4. The topological polar surface area (TPSA) is 78.9 Å². The van der Waals surface area contributed by atoms with Gasteiger partial charge in [0.25, 0.3) is 0 Å². The van der Waals surface area contributed by atoms with Gasteiger partial charge in [-0.3, -0.25) is 4.79 Å². The van der Waals surface area contributed by atoms with Crippen LogP contribution in [-0.2, 0) is 9.53 Å². The fraction of sp³-hybridized carbons (Fsp3) is 0.833. The number of amides is 2. The lowest BCUT2D eigenvalue weighted by atomic mass is 9.91. The molecule has 122 valence electrons. The number of aliphatic carboxylic acids is 1. The van der Waals surface area contributed by atoms with E-state index >= 15 is 0 Å². The predicted octanol–water partition coefficient (Wildman–Crippen LogP) is 1.32. The highest BCUT2D eigenvalue weighted by molar-refractivity contribution is 5.76. The number of nitrogens with zero attached hydrogens (tertiary/aromatic N) is 1. The SMILES string of the molecule is CC1CC(C(=O)O)CN(C(=O)NCCOCC(F)(F)F)C1. The summed E-state index contributed by atoms with van der Waals surface area (Å²) in [6.45, 7) is 0.717. The summed E-state index contributed by atoms with van der Waals surface area (Å²) in [5.41, 5.74) is 0. The molecule has 1 aliphatic heterocycles. The number of carboxylic acids is 1. The third kappa shape index (κ3) is 6.65. The van der Waals surface area contributed by atoms with Crippen LogP contribution in [0.4, 0.5) is 18.0 Å². The quantitative estimate of drug-likeness (QED) is 0.750. The first-order valence-electron chi connectivity index (χ1n) is 6.59. The second-order valence-corrected chi connectivity index (χ2v) is 5.18. The molecule has 0 aromatic carbocycles. The summed E-state index contributed by atoms with van der Waals surface area (Å²) in [5, 5.41) is 11.4. The van der Waals surface area contributed by atoms with Crippen LogP contribution in [-0.4, -0.2) is 61.0 Å². The van der Waals surface area contributed by atoms with E-state index in [0.29, 0.717) is 13.0 Å². The molecule has 0 aromatic rings. The van der Waals surface area contributed by atoms with E-state index in [2.05, 4.69) is 10.1 Å². The summed E-state index contributed by atoms with van der Waals surface area (Å²) in [6.07, 6.45) is -3.88. The maximum absolute atomic E-state index is 11.8. The summed E-state index contributed by atoms with van der Waals surface area (Å²) in [7, 11) is 0. The summed E-state index contributed by atoms with van der Waals surface area (Å²) in [6, 6.07) is -0.483. The van der Waals surface area contributed by atoms with Crippen molar-refractivity contribution >= 4 is 12.0 Å². The third-order valence-corrected chi connectivity index (χ3v) is 3.08. The van der Waals surface area contributed by atoms with Crippen molar-refractivity contribution in [1.29, 1.82) is 0 Å². The number of halogens is 3. The van der Waals surface area contributed by atoms with Gasteiger partial charge in [0.05, 0.1) is 12.5 Å². The number of carbonyl (C=O) groups excluding carboxylic acids is 1. The maximum atomic E-state index is 11.8. The van der Waals surface area contributed by atoms with Crippen molar-refractivity contribution in [3.63, 3.8) is 0 Å². The van der Waals surface area contributed by atoms with Crippen LogP contribution in [0.2, 0.25) is 0 Å². The van der Waals surface area contributed by atoms with Crippen LogP contribution in [0.25, 0.3) is 0 Å². The van der Waals surface area contributed by atoms with E-state index in [9.17, 15) is 22.8 Å². The lowest BCUT2D eigenvalue weighted by Gasteiger charge is -2.34. The van der Waals surface area contributed by atoms with Crippen molar-refractivity contribution in [2.45, 2.75) is 19.5 Å². The number of hydrogen-bond acceptors (Lipinski definition) is 3. The monoisotopic (exact) mass is 312 g/mol. The highest BCUT2D eigenvalue weighted by atomic mass is 19.4. The molecule has 1 rings (SSSR count). The molecule has 1 heterocycles. The van der Waals surface area contributed by atoms with E-state index in [1.54, 1.807) is 0 Å². The Morgan fingerprint density at radius 1 is 1.38 bits per heavy atom. The van der Waals surface area contributed by atoms with Crippen molar-refractivity contribution in [2.75, 3.05) is 32.8 Å². The molecule has 0 aromatic heterocycles. The number of likely N-dealkylation sites (tertiary alicyclic amines) is 1. The largest absolute Gasteiger partial charge is 0.481 e. The first-order chi connectivity index (χ1) is 9.69. The number of carboxylic acid groups (broad SMARTS) is 1. The molecule has 21 heavy (non-hydrogen) atoms. The van der Waals surface area contributed by atoms with Gasteiger partial charge in [-0.1, -0.05) is 6.92 Å². The summed E-state index contributed by atoms with van der Waals surface area (Å²) in [5.74, 6) is -1.50. The number of carbonyl (C=O) groups is 2. The van der Waals surface area contributed by atoms with Crippen molar-refractivity contribution in [2.24, 2.45) is 11.8 Å². The zero-order chi connectivity index (χ0) is 16.0. The Morgan fingerprint density at radius 3 is 2.62 bits per heavy atom. The number of hydrogen-bond donors (Lipinski definition) is 2. The van der Waals surface area contributed by atoms with Crippen molar-refractivity contribution in [3.8, 4) is 0 Å². The first-order valence-corrected chi connectivity index (χ1v) is 6.59. The molecule has 1 saturated heterocycles. The summed E-state index contributed by atoms with van der Waals surface area (Å²) < 4.78 is 39.8. The van der Waals surface area contributed by atoms with Gasteiger partial charge in [0.2, 0.25) is 0 Å². The highest BCUT2D eigenvalue weighted by Crippen LogP contribution is 2.21. The van der Waals surface area contributed by atoms with E-state index in [1.807, 2.05) is 6.92 Å². The standard InChI is InChI=1S/C12H19F3N2O4/c1-8-4-9(10(18)19)6-17(5-8)11(20)16-2-3-21-7-12(13,14)15/h8-9H,2-7H2,1H3,(H,16,20)(H,18,19). The Balaban J connectivity index is 2.29. The van der Waals surface area contributed by atoms with Crippen molar-refractivity contribution in [3.05, 3.63) is 0 Å². The van der Waals surface area contributed by atoms with Gasteiger partial charge in [0, 0.05) is 19.6 Å². The number of rotatable bonds is 5. The normalized spacial score (nSPS) is 23.0. The minimum absolute atomic E-state index is 0.0580. The zero-order valence-corrected chi connectivity index (χ0v) is 11.7. The molecule has 2 N–H and O–H groups in total. The predicted molar refractivity (Wildman–Crippen MR) is 66.8 cm³/mol. The van der Waals surface area contributed by atoms with E-state index in [1.165, 1.54) is 4.90 Å². The first kappa shape index (κ1) is 17.5. The van der Waals surface area contributed by atoms with Crippen LogP contribution in [0.5, 0.6) is 0 Å². The molecule has 6 nitrogen and oxygen atoms in total. The van der Waals surface area contributed by atoms with Crippen LogP contribution < -0.4 is 5.32 Å². The average molecular weight is 312 g/mol. The van der Waals surface area contributed by atoms with Crippen LogP contribution in [0.1, 0.15) is 13.3 Å². The van der Waals surface area contributed by atoms with Crippen LogP contribution >= 0.6 is 0 Å². The second-order valence-electron chi connectivity index (χ2n) is 5.18. The van der Waals surface area contributed by atoms with Gasteiger partial charge in [-0.2, -0.15) is 13.2 Å². The van der Waals surface area contributed by atoms with Gasteiger partial charge < -0.3 is 20.1 Å². The van der Waals surface area contributed by atoms with E-state index in [0.717, 1.165) is 0 Å². The second kappa shape index (κ2) is 7.48. The molecule has 1 fully saturated rings. The Kier molecular flexibility index (Phi) is 6.25. The van der Waals surface area contributed by atoms with Crippen LogP contribution in [0, 0.1) is 11.8 Å². The Bertz CT molecular complexity index is 376. The minimum Gasteiger partial charge on any atom is -0.481 e. The number of nitrogens with one attached hydrogen (secondary N) is 1. The number of alkyl halides is 3. The highest BCUT2D eigenvalue weighted by Gasteiger charge is 2.32.